The standard InChI is InChI=1S/C17H17N3OS/c1-19(17(21)10-16-8-5-9-22-16)12-14-11-18-20(13-14)15-6-3-2-4-7-15/h2-9,11,13H,10,12H2,1H3. The number of carbonyl (C=O) groups is 1. The van der Waals surface area contributed by atoms with Crippen LogP contribution in [-0.4, -0.2) is 27.6 Å². The van der Waals surface area contributed by atoms with Crippen LogP contribution in [0, 0.1) is 0 Å². The van der Waals surface area contributed by atoms with E-state index < -0.39 is 0 Å². The number of nitrogens with zero attached hydrogens (tertiary/aromatic N) is 3. The van der Waals surface area contributed by atoms with Crippen LogP contribution >= 0.6 is 11.3 Å². The van der Waals surface area contributed by atoms with Crippen LogP contribution < -0.4 is 0 Å². The third-order valence-electron chi connectivity index (χ3n) is 3.41. The molecule has 2 heterocycles. The number of benzene rings is 1. The van der Waals surface area contributed by atoms with Gasteiger partial charge in [0.15, 0.2) is 0 Å². The van der Waals surface area contributed by atoms with Crippen LogP contribution in [0.4, 0.5) is 0 Å². The molecule has 112 valence electrons. The summed E-state index contributed by atoms with van der Waals surface area (Å²) in [7, 11) is 1.83. The van der Waals surface area contributed by atoms with Gasteiger partial charge in [-0.3, -0.25) is 4.79 Å². The fraction of sp³-hybridized carbons (Fsp3) is 0.176. The number of hydrogen-bond donors (Lipinski definition) is 0. The molecule has 0 atom stereocenters. The minimum atomic E-state index is 0.120. The Balaban J connectivity index is 1.63. The van der Waals surface area contributed by atoms with Crippen LogP contribution in [-0.2, 0) is 17.8 Å². The molecule has 0 spiro atoms. The quantitative estimate of drug-likeness (QED) is 0.726. The van der Waals surface area contributed by atoms with Crippen molar-refractivity contribution < 1.29 is 4.79 Å². The topological polar surface area (TPSA) is 38.1 Å². The van der Waals surface area contributed by atoms with Gasteiger partial charge in [0.2, 0.25) is 5.91 Å². The van der Waals surface area contributed by atoms with Gasteiger partial charge in [-0.2, -0.15) is 5.10 Å². The van der Waals surface area contributed by atoms with Crippen molar-refractivity contribution in [2.75, 3.05) is 7.05 Å². The average Bonchev–Trinajstić information content (AvgIpc) is 3.20. The first-order chi connectivity index (χ1) is 10.7. The van der Waals surface area contributed by atoms with Crippen LogP contribution in [0.15, 0.2) is 60.2 Å². The molecular weight excluding hydrogens is 294 g/mol. The van der Waals surface area contributed by atoms with Gasteiger partial charge in [-0.05, 0) is 23.6 Å². The summed E-state index contributed by atoms with van der Waals surface area (Å²) in [6.45, 7) is 0.567. The molecule has 0 bridgehead atoms. The third kappa shape index (κ3) is 3.43. The predicted octanol–water partition coefficient (Wildman–Crippen LogP) is 3.13. The minimum Gasteiger partial charge on any atom is -0.341 e. The number of amides is 1. The van der Waals surface area contributed by atoms with Crippen LogP contribution in [0.2, 0.25) is 0 Å². The lowest BCUT2D eigenvalue weighted by Gasteiger charge is -2.15. The number of para-hydroxylation sites is 1. The Kier molecular flexibility index (Phi) is 4.34. The van der Waals surface area contributed by atoms with Gasteiger partial charge in [0.25, 0.3) is 0 Å². The van der Waals surface area contributed by atoms with Crippen molar-refractivity contribution in [3.63, 3.8) is 0 Å². The summed E-state index contributed by atoms with van der Waals surface area (Å²) < 4.78 is 1.83. The number of aromatic nitrogens is 2. The summed E-state index contributed by atoms with van der Waals surface area (Å²) in [4.78, 5) is 15.0. The smallest absolute Gasteiger partial charge is 0.227 e. The Bertz CT molecular complexity index is 734. The highest BCUT2D eigenvalue weighted by Gasteiger charge is 2.12. The molecule has 0 aliphatic rings. The summed E-state index contributed by atoms with van der Waals surface area (Å²) in [6.07, 6.45) is 4.23. The fourth-order valence-electron chi connectivity index (χ4n) is 2.22. The molecule has 5 heteroatoms. The Labute approximate surface area is 133 Å². The molecule has 0 unspecified atom stereocenters. The summed E-state index contributed by atoms with van der Waals surface area (Å²) in [5.41, 5.74) is 2.03. The molecule has 4 nitrogen and oxygen atoms in total. The Morgan fingerprint density at radius 3 is 2.77 bits per heavy atom. The molecule has 3 rings (SSSR count). The first-order valence-electron chi connectivity index (χ1n) is 7.08. The molecule has 3 aromatic rings. The van der Waals surface area contributed by atoms with Crippen LogP contribution in [0.3, 0.4) is 0 Å². The summed E-state index contributed by atoms with van der Waals surface area (Å²) in [5.74, 6) is 0.120. The minimum absolute atomic E-state index is 0.120. The van der Waals surface area contributed by atoms with Crippen LogP contribution in [0.5, 0.6) is 0 Å². The maximum Gasteiger partial charge on any atom is 0.227 e. The van der Waals surface area contributed by atoms with E-state index in [0.29, 0.717) is 13.0 Å². The summed E-state index contributed by atoms with van der Waals surface area (Å²) >= 11 is 1.61. The van der Waals surface area contributed by atoms with Crippen molar-refractivity contribution >= 4 is 17.2 Å². The van der Waals surface area contributed by atoms with E-state index in [2.05, 4.69) is 5.10 Å². The lowest BCUT2D eigenvalue weighted by molar-refractivity contribution is -0.129. The van der Waals surface area contributed by atoms with Gasteiger partial charge in [0.05, 0.1) is 18.3 Å². The predicted molar refractivity (Wildman–Crippen MR) is 88.1 cm³/mol. The van der Waals surface area contributed by atoms with E-state index in [1.54, 1.807) is 16.2 Å². The van der Waals surface area contributed by atoms with Crippen molar-refractivity contribution in [3.8, 4) is 5.69 Å². The van der Waals surface area contributed by atoms with Crippen molar-refractivity contribution in [2.24, 2.45) is 0 Å². The van der Waals surface area contributed by atoms with E-state index >= 15 is 0 Å². The third-order valence-corrected chi connectivity index (χ3v) is 4.28. The molecule has 0 N–H and O–H groups in total. The molecule has 1 aromatic carbocycles. The van der Waals surface area contributed by atoms with Crippen molar-refractivity contribution in [2.45, 2.75) is 13.0 Å². The zero-order valence-electron chi connectivity index (χ0n) is 12.3. The largest absolute Gasteiger partial charge is 0.341 e. The Morgan fingerprint density at radius 2 is 2.05 bits per heavy atom. The van der Waals surface area contributed by atoms with E-state index in [0.717, 1.165) is 16.1 Å². The first-order valence-corrected chi connectivity index (χ1v) is 7.95. The zero-order valence-corrected chi connectivity index (χ0v) is 13.2. The molecule has 0 fully saturated rings. The van der Waals surface area contributed by atoms with E-state index in [-0.39, 0.29) is 5.91 Å². The van der Waals surface area contributed by atoms with E-state index in [9.17, 15) is 4.79 Å². The summed E-state index contributed by atoms with van der Waals surface area (Å²) in [6, 6.07) is 13.9. The number of thiophene rings is 1. The molecule has 0 radical (unpaired) electrons. The SMILES string of the molecule is CN(Cc1cnn(-c2ccccc2)c1)C(=O)Cc1cccs1. The second-order valence-electron chi connectivity index (χ2n) is 5.13. The highest BCUT2D eigenvalue weighted by Crippen LogP contribution is 2.12. The fourth-order valence-corrected chi connectivity index (χ4v) is 2.92. The Morgan fingerprint density at radius 1 is 1.23 bits per heavy atom. The number of likely N-dealkylation sites (N-methyl/N-ethyl adjacent to an activating group) is 1. The van der Waals surface area contributed by atoms with Gasteiger partial charge in [-0.1, -0.05) is 24.3 Å². The molecule has 0 saturated carbocycles. The molecule has 0 aliphatic heterocycles. The van der Waals surface area contributed by atoms with Gasteiger partial charge in [0, 0.05) is 30.2 Å². The molecule has 0 saturated heterocycles. The number of carbonyl (C=O) groups excluding carboxylic acids is 1. The molecule has 2 aromatic heterocycles. The monoisotopic (exact) mass is 311 g/mol. The summed E-state index contributed by atoms with van der Waals surface area (Å²) in [5, 5.41) is 6.35. The lowest BCUT2D eigenvalue weighted by atomic mass is 10.3. The highest BCUT2D eigenvalue weighted by molar-refractivity contribution is 7.10. The number of hydrogen-bond acceptors (Lipinski definition) is 3. The van der Waals surface area contributed by atoms with E-state index in [4.69, 9.17) is 0 Å². The van der Waals surface area contributed by atoms with Gasteiger partial charge >= 0.3 is 0 Å². The molecule has 0 aliphatic carbocycles. The van der Waals surface area contributed by atoms with Gasteiger partial charge < -0.3 is 4.90 Å². The van der Waals surface area contributed by atoms with Crippen LogP contribution in [0.25, 0.3) is 5.69 Å². The van der Waals surface area contributed by atoms with Crippen molar-refractivity contribution in [3.05, 3.63) is 70.7 Å². The van der Waals surface area contributed by atoms with Gasteiger partial charge in [-0.25, -0.2) is 4.68 Å². The second kappa shape index (κ2) is 6.58. The molecule has 22 heavy (non-hydrogen) atoms. The van der Waals surface area contributed by atoms with Gasteiger partial charge in [-0.15, -0.1) is 11.3 Å². The van der Waals surface area contributed by atoms with Crippen molar-refractivity contribution in [1.82, 2.24) is 14.7 Å². The van der Waals surface area contributed by atoms with Crippen molar-refractivity contribution in [1.29, 1.82) is 0 Å². The lowest BCUT2D eigenvalue weighted by Crippen LogP contribution is -2.27. The average molecular weight is 311 g/mol. The zero-order chi connectivity index (χ0) is 15.4. The maximum atomic E-state index is 12.2. The molecule has 1 amide bonds. The van der Waals surface area contributed by atoms with Gasteiger partial charge in [0.1, 0.15) is 0 Å². The maximum absolute atomic E-state index is 12.2. The van der Waals surface area contributed by atoms with E-state index in [1.807, 2.05) is 72.0 Å². The highest BCUT2D eigenvalue weighted by atomic mass is 32.1. The second-order valence-corrected chi connectivity index (χ2v) is 6.17. The van der Waals surface area contributed by atoms with Crippen LogP contribution in [0.1, 0.15) is 10.4 Å². The Hall–Kier alpha value is -2.40. The normalized spacial score (nSPS) is 10.6. The number of rotatable bonds is 5. The van der Waals surface area contributed by atoms with E-state index in [1.165, 1.54) is 0 Å². The first kappa shape index (κ1) is 14.5. The molecular formula is C17H17N3OS.